The number of thioether (sulfide) groups is 1. The Hall–Kier alpha value is 0.260. The van der Waals surface area contributed by atoms with Crippen LogP contribution < -0.4 is 5.73 Å². The molecule has 0 radical (unpaired) electrons. The summed E-state index contributed by atoms with van der Waals surface area (Å²) in [6.07, 6.45) is 1.11. The number of hydrogen-bond donors (Lipinski definition) is 1. The van der Waals surface area contributed by atoms with Crippen molar-refractivity contribution in [3.8, 4) is 0 Å². The molecule has 2 N–H and O–H groups in total. The van der Waals surface area contributed by atoms with Gasteiger partial charge in [0.05, 0.1) is 0 Å². The Morgan fingerprint density at radius 3 is 3.08 bits per heavy atom. The fraction of sp³-hybridized carbons (Fsp3) is 0.333. The lowest BCUT2D eigenvalue weighted by Crippen LogP contribution is -2.17. The summed E-state index contributed by atoms with van der Waals surface area (Å²) in [5, 5.41) is 0. The largest absolute Gasteiger partial charge is 0.324 e. The predicted octanol–water partition coefficient (Wildman–Crippen LogP) is 2.79. The van der Waals surface area contributed by atoms with Gasteiger partial charge < -0.3 is 5.73 Å². The van der Waals surface area contributed by atoms with E-state index in [1.54, 1.807) is 0 Å². The Morgan fingerprint density at radius 1 is 1.50 bits per heavy atom. The molecule has 0 fully saturated rings. The molecule has 0 bridgehead atoms. The van der Waals surface area contributed by atoms with Crippen molar-refractivity contribution in [3.05, 3.63) is 27.3 Å². The zero-order chi connectivity index (χ0) is 8.55. The molecule has 0 aromatic heterocycles. The monoisotopic (exact) mass is 291 g/mol. The number of benzene rings is 1. The first-order valence-electron chi connectivity index (χ1n) is 3.96. The SMILES string of the molecule is N[C@@H]1CCSc2cccc(I)c21. The minimum atomic E-state index is 0.259. The normalized spacial score (nSPS) is 22.0. The average Bonchev–Trinajstić information content (AvgIpc) is 2.04. The molecule has 0 saturated heterocycles. The van der Waals surface area contributed by atoms with Gasteiger partial charge in [-0.15, -0.1) is 11.8 Å². The number of rotatable bonds is 0. The lowest BCUT2D eigenvalue weighted by Gasteiger charge is -2.22. The van der Waals surface area contributed by atoms with Gasteiger partial charge in [0.25, 0.3) is 0 Å². The molecule has 1 aromatic rings. The summed E-state index contributed by atoms with van der Waals surface area (Å²) in [5.41, 5.74) is 7.38. The average molecular weight is 291 g/mol. The number of halogens is 1. The first kappa shape index (κ1) is 8.84. The van der Waals surface area contributed by atoms with Gasteiger partial charge in [-0.1, -0.05) is 6.07 Å². The molecule has 1 aliphatic heterocycles. The van der Waals surface area contributed by atoms with E-state index in [1.807, 2.05) is 11.8 Å². The van der Waals surface area contributed by atoms with Gasteiger partial charge in [0.2, 0.25) is 0 Å². The molecular weight excluding hydrogens is 281 g/mol. The van der Waals surface area contributed by atoms with Gasteiger partial charge in [0, 0.05) is 14.5 Å². The summed E-state index contributed by atoms with van der Waals surface area (Å²) in [5.74, 6) is 1.16. The fourth-order valence-electron chi connectivity index (χ4n) is 1.44. The predicted molar refractivity (Wildman–Crippen MR) is 61.4 cm³/mol. The minimum absolute atomic E-state index is 0.259. The van der Waals surface area contributed by atoms with Crippen molar-refractivity contribution in [2.75, 3.05) is 5.75 Å². The zero-order valence-corrected chi connectivity index (χ0v) is 9.56. The molecule has 1 aromatic carbocycles. The van der Waals surface area contributed by atoms with Gasteiger partial charge in [0.15, 0.2) is 0 Å². The van der Waals surface area contributed by atoms with E-state index in [2.05, 4.69) is 40.8 Å². The van der Waals surface area contributed by atoms with E-state index < -0.39 is 0 Å². The van der Waals surface area contributed by atoms with Crippen LogP contribution in [0.2, 0.25) is 0 Å². The van der Waals surface area contributed by atoms with Gasteiger partial charge in [-0.3, -0.25) is 0 Å². The lowest BCUT2D eigenvalue weighted by atomic mass is 10.1. The maximum Gasteiger partial charge on any atom is 0.0324 e. The van der Waals surface area contributed by atoms with E-state index in [1.165, 1.54) is 14.0 Å². The third-order valence-electron chi connectivity index (χ3n) is 2.07. The van der Waals surface area contributed by atoms with Gasteiger partial charge in [-0.05, 0) is 52.5 Å². The van der Waals surface area contributed by atoms with Crippen LogP contribution in [0.5, 0.6) is 0 Å². The molecule has 1 nitrogen and oxygen atoms in total. The van der Waals surface area contributed by atoms with Crippen molar-refractivity contribution in [1.29, 1.82) is 0 Å². The van der Waals surface area contributed by atoms with Gasteiger partial charge in [0.1, 0.15) is 0 Å². The molecule has 0 spiro atoms. The van der Waals surface area contributed by atoms with Crippen LogP contribution in [0.1, 0.15) is 18.0 Å². The van der Waals surface area contributed by atoms with E-state index >= 15 is 0 Å². The maximum absolute atomic E-state index is 6.03. The van der Waals surface area contributed by atoms with Crippen molar-refractivity contribution in [2.45, 2.75) is 17.4 Å². The molecule has 0 aliphatic carbocycles. The molecule has 1 atom stereocenters. The zero-order valence-electron chi connectivity index (χ0n) is 6.59. The van der Waals surface area contributed by atoms with Crippen LogP contribution in [-0.4, -0.2) is 5.75 Å². The van der Waals surface area contributed by atoms with E-state index in [0.29, 0.717) is 0 Å². The third kappa shape index (κ3) is 1.49. The summed E-state index contributed by atoms with van der Waals surface area (Å²) >= 11 is 4.29. The Bertz CT molecular complexity index is 301. The molecule has 0 amide bonds. The highest BCUT2D eigenvalue weighted by molar-refractivity contribution is 14.1. The second kappa shape index (κ2) is 3.55. The molecule has 0 unspecified atom stereocenters. The standard InChI is InChI=1S/C9H10INS/c10-6-2-1-3-8-9(6)7(11)4-5-12-8/h1-3,7H,4-5,11H2/t7-/m1/s1. The van der Waals surface area contributed by atoms with E-state index in [9.17, 15) is 0 Å². The van der Waals surface area contributed by atoms with Gasteiger partial charge in [-0.25, -0.2) is 0 Å². The van der Waals surface area contributed by atoms with Crippen molar-refractivity contribution in [3.63, 3.8) is 0 Å². The maximum atomic E-state index is 6.03. The summed E-state index contributed by atoms with van der Waals surface area (Å²) in [7, 11) is 0. The van der Waals surface area contributed by atoms with Crippen molar-refractivity contribution in [2.24, 2.45) is 5.73 Å². The summed E-state index contributed by atoms with van der Waals surface area (Å²) in [6, 6.07) is 6.66. The van der Waals surface area contributed by atoms with E-state index in [4.69, 9.17) is 5.73 Å². The Kier molecular flexibility index (Phi) is 2.62. The highest BCUT2D eigenvalue weighted by Gasteiger charge is 2.18. The highest BCUT2D eigenvalue weighted by Crippen LogP contribution is 2.37. The molecule has 2 rings (SSSR count). The van der Waals surface area contributed by atoms with Crippen LogP contribution in [0.3, 0.4) is 0 Å². The molecule has 12 heavy (non-hydrogen) atoms. The van der Waals surface area contributed by atoms with Crippen LogP contribution in [-0.2, 0) is 0 Å². The van der Waals surface area contributed by atoms with E-state index in [0.717, 1.165) is 12.2 Å². The van der Waals surface area contributed by atoms with Gasteiger partial charge in [-0.2, -0.15) is 0 Å². The van der Waals surface area contributed by atoms with Crippen LogP contribution >= 0.6 is 34.4 Å². The van der Waals surface area contributed by atoms with Crippen molar-refractivity contribution in [1.82, 2.24) is 0 Å². The number of fused-ring (bicyclic) bond motifs is 1. The third-order valence-corrected chi connectivity index (χ3v) is 4.12. The topological polar surface area (TPSA) is 26.0 Å². The second-order valence-electron chi connectivity index (χ2n) is 2.90. The molecule has 1 heterocycles. The van der Waals surface area contributed by atoms with Crippen LogP contribution in [0.4, 0.5) is 0 Å². The molecule has 0 saturated carbocycles. The first-order valence-corrected chi connectivity index (χ1v) is 6.02. The number of hydrogen-bond acceptors (Lipinski definition) is 2. The summed E-state index contributed by atoms with van der Waals surface area (Å²) < 4.78 is 1.31. The molecule has 3 heteroatoms. The smallest absolute Gasteiger partial charge is 0.0324 e. The van der Waals surface area contributed by atoms with Crippen LogP contribution in [0, 0.1) is 3.57 Å². The van der Waals surface area contributed by atoms with Crippen molar-refractivity contribution < 1.29 is 0 Å². The Morgan fingerprint density at radius 2 is 2.33 bits per heavy atom. The quantitative estimate of drug-likeness (QED) is 0.744. The minimum Gasteiger partial charge on any atom is -0.324 e. The Balaban J connectivity index is 2.53. The van der Waals surface area contributed by atoms with Gasteiger partial charge >= 0.3 is 0 Å². The van der Waals surface area contributed by atoms with E-state index in [-0.39, 0.29) is 6.04 Å². The number of nitrogens with two attached hydrogens (primary N) is 1. The molecule has 64 valence electrons. The fourth-order valence-corrected chi connectivity index (χ4v) is 3.71. The Labute approximate surface area is 90.2 Å². The highest BCUT2D eigenvalue weighted by atomic mass is 127. The molecule has 1 aliphatic rings. The van der Waals surface area contributed by atoms with Crippen LogP contribution in [0.15, 0.2) is 23.1 Å². The summed E-state index contributed by atoms with van der Waals surface area (Å²) in [4.78, 5) is 1.38. The second-order valence-corrected chi connectivity index (χ2v) is 5.19. The first-order chi connectivity index (χ1) is 5.79. The summed E-state index contributed by atoms with van der Waals surface area (Å²) in [6.45, 7) is 0. The molecular formula is C9H10INS. The lowest BCUT2D eigenvalue weighted by molar-refractivity contribution is 0.676. The van der Waals surface area contributed by atoms with Crippen LogP contribution in [0.25, 0.3) is 0 Å². The van der Waals surface area contributed by atoms with Crippen molar-refractivity contribution >= 4 is 34.4 Å².